The molecule has 6 atom stereocenters. The monoisotopic (exact) mass is 1850 g/mol. The Bertz CT molecular complexity index is 5950. The van der Waals surface area contributed by atoms with Crippen LogP contribution >= 0.6 is 23.5 Å². The normalized spacial score (nSPS) is 18.3. The zero-order chi connectivity index (χ0) is 85.4. The molecule has 8 heterocycles. The summed E-state index contributed by atoms with van der Waals surface area (Å²) in [6, 6.07) is 59.3. The molecule has 632 valence electrons. The van der Waals surface area contributed by atoms with Crippen LogP contribution in [-0.2, 0) is 128 Å². The summed E-state index contributed by atoms with van der Waals surface area (Å²) in [5.74, 6) is 3.71. The number of hydrogen-bond acceptors (Lipinski definition) is 17. The second-order valence-electron chi connectivity index (χ2n) is 32.7. The van der Waals surface area contributed by atoms with Crippen LogP contribution in [0.15, 0.2) is 182 Å². The quantitative estimate of drug-likeness (QED) is 0.0517. The van der Waals surface area contributed by atoms with Gasteiger partial charge in [-0.25, -0.2) is 6.54 Å². The second-order valence-corrected chi connectivity index (χ2v) is 34.4. The molecule has 10 aromatic rings. The summed E-state index contributed by atoms with van der Waals surface area (Å²) in [6.45, 7) is 13.3. The minimum atomic E-state index is -0.270. The number of carbonyl (C=O) groups excluding carboxylic acids is 6. The molecular weight excluding hydrogens is 1750 g/mol. The summed E-state index contributed by atoms with van der Waals surface area (Å²) >= 11 is 2.94. The van der Waals surface area contributed by atoms with E-state index in [9.17, 15) is 28.8 Å². The molecular formula is C98H99N10O12S2Y2-. The Balaban J connectivity index is 0.000000189. The maximum Gasteiger partial charge on any atom is 0.256 e. The SMILES string of the molecule is COc1cc2c(cc1OCc1cc(COc3cc4c(cc3C)C(=O)N3Cc5ccccc5[C@H]3C(C)N4C)cc(N(C)C(=O)CSC)c1)N(C)C(C)[C@@H]1c3ccccc3CN1C2=O.COc1cc2c(cc1OCc1cc(COc3cc4c(cc3C)C(=O)N3Cc5ccccc5[C@H]3[C-]=[N+]4C)cc(N(C)C(=O)CSC)c1)N(C)[CH-][C@@H]1c3ccccc3CN1C2=O.[Y].[Y]. The Morgan fingerprint density at radius 3 is 1.29 bits per heavy atom. The van der Waals surface area contributed by atoms with Gasteiger partial charge in [-0.1, -0.05) is 103 Å². The number of methoxy groups -OCH3 is 2. The van der Waals surface area contributed by atoms with E-state index in [1.165, 1.54) is 45.8 Å². The number of benzene rings is 10. The van der Waals surface area contributed by atoms with Crippen molar-refractivity contribution in [3.8, 4) is 34.5 Å². The number of carbonyl (C=O) groups is 6. The first kappa shape index (κ1) is 88.7. The van der Waals surface area contributed by atoms with Gasteiger partial charge in [0, 0.05) is 161 Å². The van der Waals surface area contributed by atoms with Crippen molar-refractivity contribution in [3.05, 3.63) is 289 Å². The molecule has 8 aliphatic rings. The summed E-state index contributed by atoms with van der Waals surface area (Å²) in [4.78, 5) is 100. The molecule has 8 aliphatic heterocycles. The molecule has 26 heteroatoms. The van der Waals surface area contributed by atoms with Gasteiger partial charge in [-0.05, 0) is 192 Å². The molecule has 0 bridgehead atoms. The first-order chi connectivity index (χ1) is 58.9. The summed E-state index contributed by atoms with van der Waals surface area (Å²) in [5.41, 5.74) is 21.1. The number of nitrogens with zero attached hydrogens (tertiary/aromatic N) is 10. The number of likely N-dealkylation sites (N-methyl/N-ethyl adjacent to an activating group) is 3. The summed E-state index contributed by atoms with van der Waals surface area (Å²) in [6.07, 6.45) is 7.34. The van der Waals surface area contributed by atoms with Gasteiger partial charge in [-0.2, -0.15) is 23.5 Å². The Morgan fingerprint density at radius 2 is 0.815 bits per heavy atom. The van der Waals surface area contributed by atoms with Crippen LogP contribution in [0.1, 0.15) is 157 Å². The van der Waals surface area contributed by atoms with Gasteiger partial charge in [0.15, 0.2) is 23.0 Å². The van der Waals surface area contributed by atoms with E-state index >= 15 is 0 Å². The van der Waals surface area contributed by atoms with E-state index in [1.54, 1.807) is 50.2 Å². The van der Waals surface area contributed by atoms with Crippen molar-refractivity contribution >= 4 is 99.3 Å². The Kier molecular flexibility index (Phi) is 26.3. The molecule has 18 rings (SSSR count). The standard InChI is InChI=1S/C50H53N5O6S.C48H46N5O6S.2Y/c1-29-17-39-41(51(4)30(2)47-37-15-11-9-13-34(37)24-54(47)49(39)57)22-43(29)60-26-32-18-33(20-36(19-32)53(6)46(56)28-62-8)27-61-45-23-42-40(21-44(45)59-7)50(58)55-25-35-14-10-12-16-38(35)48(55)31(3)52(42)5;1-29-15-37-39(49(2)24-41-35-13-9-7-11-32(35)22-52(41)47(37)55)20-43(29)58-26-30-16-31(18-34(17-30)51(4)46(54)28-60-6)27-59-45-21-40-38(19-44(45)57-5)48(56)53-23-33-12-8-10-14-36(33)42(53)25-50(40)3;;/h9-23,30-31,47-48H,24-28H2,1-8H3;7-21,25,41-42H,22-23,26-28H2,1-6H3;;/q;-1;;/t30?,31?,47-,48-;41-,42-;;/m11../s1. The average molecular weight is 1850 g/mol. The van der Waals surface area contributed by atoms with Crippen LogP contribution in [0, 0.1) is 20.4 Å². The first-order valence-electron chi connectivity index (χ1n) is 41.0. The molecule has 124 heavy (non-hydrogen) atoms. The predicted octanol–water partition coefficient (Wildman–Crippen LogP) is 16.3. The minimum Gasteiger partial charge on any atom is -0.522 e. The third-order valence-electron chi connectivity index (χ3n) is 25.3. The van der Waals surface area contributed by atoms with E-state index in [0.717, 1.165) is 84.1 Å². The van der Waals surface area contributed by atoms with Crippen molar-refractivity contribution in [2.45, 2.75) is 117 Å². The van der Waals surface area contributed by atoms with Crippen molar-refractivity contribution in [2.75, 3.05) is 105 Å². The number of amides is 6. The number of hydrogen-bond donors (Lipinski definition) is 0. The molecule has 2 radical (unpaired) electrons. The molecule has 0 saturated heterocycles. The molecule has 0 N–H and O–H groups in total. The number of anilines is 5. The number of aryl methyl sites for hydroxylation is 2. The summed E-state index contributed by atoms with van der Waals surface area (Å²) in [5, 5.41) is 0. The summed E-state index contributed by atoms with van der Waals surface area (Å²) < 4.78 is 39.7. The van der Waals surface area contributed by atoms with Crippen molar-refractivity contribution in [3.63, 3.8) is 0 Å². The second kappa shape index (κ2) is 36.8. The molecule has 2 unspecified atom stereocenters. The van der Waals surface area contributed by atoms with Crippen LogP contribution in [-0.4, -0.2) is 158 Å². The van der Waals surface area contributed by atoms with Crippen LogP contribution in [0.5, 0.6) is 34.5 Å². The largest absolute Gasteiger partial charge is 0.522 e. The van der Waals surface area contributed by atoms with Crippen LogP contribution in [0.4, 0.5) is 34.1 Å². The van der Waals surface area contributed by atoms with Gasteiger partial charge in [-0.15, -0.1) is 0 Å². The number of ether oxygens (including phenoxy) is 6. The zero-order valence-electron chi connectivity index (χ0n) is 72.3. The Labute approximate surface area is 783 Å². The van der Waals surface area contributed by atoms with E-state index in [1.807, 2.05) is 198 Å². The average Bonchev–Trinajstić information content (AvgIpc) is 1.60. The molecule has 0 saturated carbocycles. The molecule has 0 aliphatic carbocycles. The fourth-order valence-corrected chi connectivity index (χ4v) is 19.4. The van der Waals surface area contributed by atoms with Crippen LogP contribution in [0.3, 0.4) is 0 Å². The maximum absolute atomic E-state index is 14.2. The predicted molar refractivity (Wildman–Crippen MR) is 478 cm³/mol. The maximum atomic E-state index is 14.2. The first-order valence-corrected chi connectivity index (χ1v) is 43.8. The molecule has 6 amide bonds. The summed E-state index contributed by atoms with van der Waals surface area (Å²) in [7, 11) is 14.6. The van der Waals surface area contributed by atoms with Gasteiger partial charge >= 0.3 is 0 Å². The van der Waals surface area contributed by atoms with Crippen LogP contribution in [0.25, 0.3) is 0 Å². The van der Waals surface area contributed by atoms with Gasteiger partial charge in [0.1, 0.15) is 45.0 Å². The molecule has 22 nitrogen and oxygen atoms in total. The third-order valence-corrected chi connectivity index (χ3v) is 26.4. The van der Waals surface area contributed by atoms with E-state index in [0.29, 0.717) is 100 Å². The van der Waals surface area contributed by atoms with E-state index in [4.69, 9.17) is 28.4 Å². The topological polar surface area (TPSA) is 190 Å². The Morgan fingerprint density at radius 1 is 0.452 bits per heavy atom. The van der Waals surface area contributed by atoms with E-state index in [-0.39, 0.29) is 164 Å². The van der Waals surface area contributed by atoms with Crippen LogP contribution < -0.4 is 52.9 Å². The van der Waals surface area contributed by atoms with Crippen molar-refractivity contribution < 1.29 is 127 Å². The number of thioether (sulfide) groups is 2. The zero-order valence-corrected chi connectivity index (χ0v) is 79.6. The van der Waals surface area contributed by atoms with E-state index in [2.05, 4.69) is 92.0 Å². The fraction of sp³-hybridized carbons (Fsp3) is 0.306. The van der Waals surface area contributed by atoms with E-state index < -0.39 is 0 Å². The minimum absolute atomic E-state index is 0. The molecule has 10 aromatic carbocycles. The van der Waals surface area contributed by atoms with Crippen molar-refractivity contribution in [1.82, 2.24) is 19.6 Å². The van der Waals surface area contributed by atoms with Gasteiger partial charge in [0.25, 0.3) is 17.7 Å². The van der Waals surface area contributed by atoms with Crippen LogP contribution in [0.2, 0.25) is 0 Å². The van der Waals surface area contributed by atoms with Gasteiger partial charge in [-0.3, -0.25) is 28.8 Å². The molecule has 0 aromatic heterocycles. The molecule has 0 fully saturated rings. The Hall–Kier alpha value is -10.2. The van der Waals surface area contributed by atoms with Crippen molar-refractivity contribution in [1.29, 1.82) is 0 Å². The molecule has 0 spiro atoms. The van der Waals surface area contributed by atoms with Gasteiger partial charge in [0.2, 0.25) is 17.7 Å². The third kappa shape index (κ3) is 16.6. The number of rotatable bonds is 20. The smallest absolute Gasteiger partial charge is 0.256 e. The number of fused-ring (bicyclic) bond motifs is 16. The van der Waals surface area contributed by atoms with Gasteiger partial charge in [0.05, 0.1) is 95.9 Å². The van der Waals surface area contributed by atoms with Gasteiger partial charge < -0.3 is 77.1 Å². The van der Waals surface area contributed by atoms with Crippen molar-refractivity contribution in [2.24, 2.45) is 0 Å². The fourth-order valence-electron chi connectivity index (χ4n) is 18.5.